The van der Waals surface area contributed by atoms with Crippen molar-refractivity contribution in [2.24, 2.45) is 29.1 Å². The zero-order valence-electron chi connectivity index (χ0n) is 26.7. The second-order valence-corrected chi connectivity index (χ2v) is 16.8. The van der Waals surface area contributed by atoms with E-state index in [4.69, 9.17) is 0 Å². The Bertz CT molecular complexity index is 1500. The van der Waals surface area contributed by atoms with Gasteiger partial charge in [0.1, 0.15) is 5.92 Å². The molecular weight excluding hydrogens is 613 g/mol. The number of nitrogens with one attached hydrogen (secondary N) is 2. The smallest absolute Gasteiger partial charge is 0.243 e. The standard InChI is InChI=1S/C33H46N4O6S2/c1-5-36(6-2)44(40,41)28-13-9-11-26(18-28)34-31(38)30(33-20-23-15-24(21-33)17-25(16-23)22-33)32(39)35-27-12-10-14-29(19-27)45(42,43)37(7-3)8-4/h9-14,18-19,23-25,30H,5-8,15-17,20-22H2,1-4H3,(H,34,38)(H,35,39). The lowest BCUT2D eigenvalue weighted by Gasteiger charge is -2.58. The van der Waals surface area contributed by atoms with Crippen LogP contribution >= 0.6 is 0 Å². The Kier molecular flexibility index (Phi) is 9.79. The van der Waals surface area contributed by atoms with E-state index in [1.165, 1.54) is 32.9 Å². The van der Waals surface area contributed by atoms with Crippen molar-refractivity contribution in [3.63, 3.8) is 0 Å². The highest BCUT2D eigenvalue weighted by Crippen LogP contribution is 2.63. The molecule has 0 aromatic heterocycles. The number of amides is 2. The molecule has 0 atom stereocenters. The maximum atomic E-state index is 14.2. The second kappa shape index (κ2) is 13.1. The fraction of sp³-hybridized carbons (Fsp3) is 0.576. The summed E-state index contributed by atoms with van der Waals surface area (Å²) in [6.45, 7) is 8.38. The highest BCUT2D eigenvalue weighted by Gasteiger charge is 2.58. The van der Waals surface area contributed by atoms with Crippen molar-refractivity contribution in [2.45, 2.75) is 76.0 Å². The molecule has 6 rings (SSSR count). The molecule has 2 amide bonds. The van der Waals surface area contributed by atoms with Gasteiger partial charge in [0.05, 0.1) is 9.79 Å². The van der Waals surface area contributed by atoms with E-state index in [1.807, 2.05) is 0 Å². The predicted molar refractivity (Wildman–Crippen MR) is 174 cm³/mol. The van der Waals surface area contributed by atoms with E-state index >= 15 is 0 Å². The molecule has 0 aliphatic heterocycles. The number of sulfonamides is 2. The third-order valence-electron chi connectivity index (χ3n) is 10.1. The van der Waals surface area contributed by atoms with E-state index in [0.29, 0.717) is 55.3 Å². The van der Waals surface area contributed by atoms with Crippen molar-refractivity contribution in [3.05, 3.63) is 48.5 Å². The summed E-state index contributed by atoms with van der Waals surface area (Å²) in [5.74, 6) is -0.548. The van der Waals surface area contributed by atoms with Gasteiger partial charge in [0, 0.05) is 37.6 Å². The van der Waals surface area contributed by atoms with E-state index < -0.39 is 43.2 Å². The Morgan fingerprint density at radius 3 is 1.38 bits per heavy atom. The summed E-state index contributed by atoms with van der Waals surface area (Å²) in [6, 6.07) is 12.4. The molecule has 12 heteroatoms. The topological polar surface area (TPSA) is 133 Å². The van der Waals surface area contributed by atoms with Crippen LogP contribution in [0.2, 0.25) is 0 Å². The molecule has 4 fully saturated rings. The molecule has 4 bridgehead atoms. The van der Waals surface area contributed by atoms with Gasteiger partial charge >= 0.3 is 0 Å². The fourth-order valence-electron chi connectivity index (χ4n) is 8.53. The highest BCUT2D eigenvalue weighted by molar-refractivity contribution is 7.89. The van der Waals surface area contributed by atoms with Crippen LogP contribution in [-0.2, 0) is 29.6 Å². The van der Waals surface area contributed by atoms with Gasteiger partial charge in [-0.2, -0.15) is 8.61 Å². The van der Waals surface area contributed by atoms with Gasteiger partial charge in [-0.15, -0.1) is 0 Å². The zero-order chi connectivity index (χ0) is 32.6. The van der Waals surface area contributed by atoms with Gasteiger partial charge in [0.15, 0.2) is 0 Å². The van der Waals surface area contributed by atoms with Crippen molar-refractivity contribution in [3.8, 4) is 0 Å². The summed E-state index contributed by atoms with van der Waals surface area (Å²) in [5, 5.41) is 5.80. The number of rotatable bonds is 13. The summed E-state index contributed by atoms with van der Waals surface area (Å²) in [6.07, 6.45) is 5.76. The van der Waals surface area contributed by atoms with Gasteiger partial charge in [-0.1, -0.05) is 39.8 Å². The van der Waals surface area contributed by atoms with Gasteiger partial charge in [-0.3, -0.25) is 9.59 Å². The predicted octanol–water partition coefficient (Wildman–Crippen LogP) is 5.16. The molecule has 2 aromatic carbocycles. The normalized spacial score (nSPS) is 24.4. The van der Waals surface area contributed by atoms with Crippen molar-refractivity contribution in [1.29, 1.82) is 0 Å². The first-order valence-corrected chi connectivity index (χ1v) is 19.1. The van der Waals surface area contributed by atoms with E-state index in [-0.39, 0.29) is 9.79 Å². The monoisotopic (exact) mass is 658 g/mol. The average molecular weight is 659 g/mol. The number of carbonyl (C=O) groups excluding carboxylic acids is 2. The van der Waals surface area contributed by atoms with Gasteiger partial charge in [0.25, 0.3) is 0 Å². The van der Waals surface area contributed by atoms with E-state index in [9.17, 15) is 26.4 Å². The summed E-state index contributed by atoms with van der Waals surface area (Å²) >= 11 is 0. The van der Waals surface area contributed by atoms with Gasteiger partial charge in [0.2, 0.25) is 31.9 Å². The zero-order valence-corrected chi connectivity index (χ0v) is 28.3. The van der Waals surface area contributed by atoms with Gasteiger partial charge in [-0.25, -0.2) is 16.8 Å². The summed E-state index contributed by atoms with van der Waals surface area (Å²) in [5.41, 5.74) is 0.102. The Balaban J connectivity index is 1.46. The van der Waals surface area contributed by atoms with Crippen LogP contribution in [0.1, 0.15) is 66.2 Å². The third kappa shape index (κ3) is 6.57. The molecule has 4 aliphatic rings. The molecule has 10 nitrogen and oxygen atoms in total. The number of hydrogen-bond acceptors (Lipinski definition) is 6. The lowest BCUT2D eigenvalue weighted by molar-refractivity contribution is -0.147. The number of nitrogens with zero attached hydrogens (tertiary/aromatic N) is 2. The molecule has 0 saturated heterocycles. The van der Waals surface area contributed by atoms with Crippen molar-refractivity contribution in [1.82, 2.24) is 8.61 Å². The highest BCUT2D eigenvalue weighted by atomic mass is 32.2. The Hall–Kier alpha value is -2.80. The lowest BCUT2D eigenvalue weighted by Crippen LogP contribution is -2.55. The molecule has 0 radical (unpaired) electrons. The van der Waals surface area contributed by atoms with Crippen LogP contribution in [-0.4, -0.2) is 63.4 Å². The quantitative estimate of drug-likeness (QED) is 0.286. The summed E-state index contributed by atoms with van der Waals surface area (Å²) in [4.78, 5) is 28.6. The van der Waals surface area contributed by atoms with E-state index in [0.717, 1.165) is 38.5 Å². The minimum Gasteiger partial charge on any atom is -0.325 e. The molecule has 4 aliphatic carbocycles. The van der Waals surface area contributed by atoms with Crippen LogP contribution in [0.5, 0.6) is 0 Å². The first kappa shape index (κ1) is 33.6. The van der Waals surface area contributed by atoms with Crippen LogP contribution < -0.4 is 10.6 Å². The molecule has 0 unspecified atom stereocenters. The lowest BCUT2D eigenvalue weighted by atomic mass is 9.46. The summed E-state index contributed by atoms with van der Waals surface area (Å²) in [7, 11) is -7.50. The second-order valence-electron chi connectivity index (χ2n) is 12.9. The molecule has 2 aromatic rings. The van der Waals surface area contributed by atoms with Crippen molar-refractivity contribution >= 4 is 43.2 Å². The maximum absolute atomic E-state index is 14.2. The van der Waals surface area contributed by atoms with E-state index in [2.05, 4.69) is 10.6 Å². The molecule has 4 saturated carbocycles. The SMILES string of the molecule is CCN(CC)S(=O)(=O)c1cccc(NC(=O)C(C(=O)Nc2cccc(S(=O)(=O)N(CC)CC)c2)C23CC4CC(CC(C4)C2)C3)c1. The van der Waals surface area contributed by atoms with Crippen LogP contribution in [0.4, 0.5) is 11.4 Å². The first-order valence-electron chi connectivity index (χ1n) is 16.2. The average Bonchev–Trinajstić information content (AvgIpc) is 2.97. The Labute approximate surface area is 268 Å². The van der Waals surface area contributed by atoms with Gasteiger partial charge < -0.3 is 10.6 Å². The molecule has 0 spiro atoms. The number of anilines is 2. The van der Waals surface area contributed by atoms with Crippen LogP contribution in [0.3, 0.4) is 0 Å². The largest absolute Gasteiger partial charge is 0.325 e. The Morgan fingerprint density at radius 1 is 0.689 bits per heavy atom. The Morgan fingerprint density at radius 2 is 1.04 bits per heavy atom. The first-order chi connectivity index (χ1) is 21.4. The minimum absolute atomic E-state index is 0.0750. The minimum atomic E-state index is -3.75. The summed E-state index contributed by atoms with van der Waals surface area (Å²) < 4.78 is 55.5. The van der Waals surface area contributed by atoms with E-state index in [1.54, 1.807) is 52.0 Å². The van der Waals surface area contributed by atoms with Crippen molar-refractivity contribution < 1.29 is 26.4 Å². The van der Waals surface area contributed by atoms with Gasteiger partial charge in [-0.05, 0) is 98.1 Å². The maximum Gasteiger partial charge on any atom is 0.243 e. The fourth-order valence-corrected chi connectivity index (χ4v) is 11.5. The van der Waals surface area contributed by atoms with Crippen LogP contribution in [0.25, 0.3) is 0 Å². The number of benzene rings is 2. The molecule has 0 heterocycles. The van der Waals surface area contributed by atoms with Crippen LogP contribution in [0.15, 0.2) is 58.3 Å². The molecular formula is C33H46N4O6S2. The number of hydrogen-bond donors (Lipinski definition) is 2. The van der Waals surface area contributed by atoms with Crippen LogP contribution in [0, 0.1) is 29.1 Å². The molecule has 246 valence electrons. The molecule has 2 N–H and O–H groups in total. The third-order valence-corrected chi connectivity index (χ3v) is 14.2. The molecule has 45 heavy (non-hydrogen) atoms. The van der Waals surface area contributed by atoms with Crippen molar-refractivity contribution in [2.75, 3.05) is 36.8 Å². The number of carbonyl (C=O) groups is 2.